The van der Waals surface area contributed by atoms with Crippen LogP contribution < -0.4 is 32.3 Å². The SMILES string of the molecule is CC(C)C[C@H](NC(=O)CNC(=O)[C@H](Cc1ccc(O)cc1)NC(=O)[C@@H](NC(=O)[C@@H](NC(=O)[C@@H](N)CO)C(C)C)C(C)C)C(=O)O. The van der Waals surface area contributed by atoms with E-state index in [0.717, 1.165) is 0 Å². The van der Waals surface area contributed by atoms with Gasteiger partial charge in [-0.05, 0) is 41.9 Å². The van der Waals surface area contributed by atoms with E-state index in [1.807, 2.05) is 0 Å². The fourth-order valence-electron chi connectivity index (χ4n) is 4.22. The summed E-state index contributed by atoms with van der Waals surface area (Å²) >= 11 is 0. The normalized spacial score (nSPS) is 14.6. The van der Waals surface area contributed by atoms with E-state index in [1.165, 1.54) is 12.1 Å². The molecule has 5 atom stereocenters. The topological polar surface area (TPSA) is 249 Å². The first-order valence-electron chi connectivity index (χ1n) is 14.8. The molecule has 15 nitrogen and oxygen atoms in total. The van der Waals surface area contributed by atoms with Crippen molar-refractivity contribution in [3.05, 3.63) is 29.8 Å². The van der Waals surface area contributed by atoms with Gasteiger partial charge in [0.25, 0.3) is 0 Å². The second-order valence-electron chi connectivity index (χ2n) is 12.0. The van der Waals surface area contributed by atoms with Gasteiger partial charge in [0.05, 0.1) is 13.2 Å². The Bertz CT molecular complexity index is 1170. The van der Waals surface area contributed by atoms with Crippen molar-refractivity contribution in [2.75, 3.05) is 13.2 Å². The standard InChI is InChI=1S/C30H48N6O9/c1-15(2)11-22(30(44)45)33-23(39)13-32-27(41)21(12-18-7-9-19(38)10-8-18)34-28(42)24(16(3)4)36-29(43)25(17(5)6)35-26(40)20(31)14-37/h7-10,15-17,20-22,24-25,37-38H,11-14,31H2,1-6H3,(H,32,41)(H,33,39)(H,34,42)(H,35,40)(H,36,43)(H,44,45)/t20-,21-,22-,24-,25-/m0/s1. The fourth-order valence-corrected chi connectivity index (χ4v) is 4.22. The third-order valence-corrected chi connectivity index (χ3v) is 6.80. The number of aliphatic hydroxyl groups excluding tert-OH is 1. The molecular formula is C30H48N6O9. The molecule has 0 aliphatic rings. The summed E-state index contributed by atoms with van der Waals surface area (Å²) in [6.45, 7) is 9.12. The number of aromatic hydroxyl groups is 1. The third kappa shape index (κ3) is 13.5. The van der Waals surface area contributed by atoms with Crippen LogP contribution in [0.5, 0.6) is 5.75 Å². The largest absolute Gasteiger partial charge is 0.508 e. The maximum absolute atomic E-state index is 13.5. The molecule has 0 fully saturated rings. The molecule has 15 heteroatoms. The van der Waals surface area contributed by atoms with Crippen LogP contribution in [0.1, 0.15) is 53.5 Å². The summed E-state index contributed by atoms with van der Waals surface area (Å²) in [5.74, 6) is -5.72. The van der Waals surface area contributed by atoms with Gasteiger partial charge < -0.3 is 47.6 Å². The van der Waals surface area contributed by atoms with Crippen LogP contribution in [0.15, 0.2) is 24.3 Å². The van der Waals surface area contributed by atoms with E-state index in [-0.39, 0.29) is 24.5 Å². The smallest absolute Gasteiger partial charge is 0.326 e. The maximum atomic E-state index is 13.5. The predicted molar refractivity (Wildman–Crippen MR) is 164 cm³/mol. The number of benzene rings is 1. The minimum atomic E-state index is -1.24. The van der Waals surface area contributed by atoms with Crippen molar-refractivity contribution in [1.29, 1.82) is 0 Å². The number of carbonyl (C=O) groups is 6. The van der Waals surface area contributed by atoms with Crippen molar-refractivity contribution < 1.29 is 44.1 Å². The van der Waals surface area contributed by atoms with Gasteiger partial charge >= 0.3 is 5.97 Å². The van der Waals surface area contributed by atoms with Crippen molar-refractivity contribution in [2.24, 2.45) is 23.5 Å². The van der Waals surface area contributed by atoms with Gasteiger partial charge in [-0.15, -0.1) is 0 Å². The lowest BCUT2D eigenvalue weighted by Crippen LogP contribution is -2.60. The van der Waals surface area contributed by atoms with E-state index in [9.17, 15) is 39.0 Å². The van der Waals surface area contributed by atoms with E-state index in [0.29, 0.717) is 5.56 Å². The molecular weight excluding hydrogens is 588 g/mol. The molecule has 45 heavy (non-hydrogen) atoms. The van der Waals surface area contributed by atoms with E-state index >= 15 is 0 Å². The molecule has 0 bridgehead atoms. The summed E-state index contributed by atoms with van der Waals surface area (Å²) in [6.07, 6.45) is 0.138. The number of phenols is 1. The number of nitrogens with two attached hydrogens (primary N) is 1. The Balaban J connectivity index is 3.12. The summed E-state index contributed by atoms with van der Waals surface area (Å²) in [6, 6.07) is 0.0603. The monoisotopic (exact) mass is 636 g/mol. The molecule has 0 spiro atoms. The summed E-state index contributed by atoms with van der Waals surface area (Å²) in [7, 11) is 0. The number of hydrogen-bond acceptors (Lipinski definition) is 9. The number of aliphatic carboxylic acids is 1. The summed E-state index contributed by atoms with van der Waals surface area (Å²) in [5.41, 5.74) is 6.12. The van der Waals surface area contributed by atoms with E-state index in [1.54, 1.807) is 53.7 Å². The summed E-state index contributed by atoms with van der Waals surface area (Å²) < 4.78 is 0. The van der Waals surface area contributed by atoms with E-state index in [2.05, 4.69) is 26.6 Å². The quantitative estimate of drug-likeness (QED) is 0.0926. The molecule has 0 saturated heterocycles. The first-order chi connectivity index (χ1) is 21.0. The molecule has 0 aliphatic carbocycles. The molecule has 1 rings (SSSR count). The molecule has 5 amide bonds. The summed E-state index contributed by atoms with van der Waals surface area (Å²) in [4.78, 5) is 76.1. The zero-order valence-electron chi connectivity index (χ0n) is 26.6. The molecule has 0 aliphatic heterocycles. The van der Waals surface area contributed by atoms with Gasteiger partial charge in [-0.25, -0.2) is 4.79 Å². The van der Waals surface area contributed by atoms with Crippen LogP contribution in [-0.4, -0.2) is 94.2 Å². The Hall–Kier alpha value is -4.24. The van der Waals surface area contributed by atoms with Gasteiger partial charge in [-0.1, -0.05) is 53.7 Å². The van der Waals surface area contributed by atoms with Crippen LogP contribution in [-0.2, 0) is 35.2 Å². The van der Waals surface area contributed by atoms with Gasteiger partial charge in [0.15, 0.2) is 0 Å². The Morgan fingerprint density at radius 2 is 1.24 bits per heavy atom. The maximum Gasteiger partial charge on any atom is 0.326 e. The number of phenolic OH excluding ortho intramolecular Hbond substituents is 1. The Morgan fingerprint density at radius 1 is 0.733 bits per heavy atom. The number of amides is 5. The highest BCUT2D eigenvalue weighted by atomic mass is 16.4. The minimum Gasteiger partial charge on any atom is -0.508 e. The van der Waals surface area contributed by atoms with Crippen LogP contribution in [0, 0.1) is 17.8 Å². The number of carboxylic acids is 1. The molecule has 0 heterocycles. The van der Waals surface area contributed by atoms with Crippen molar-refractivity contribution in [3.63, 3.8) is 0 Å². The third-order valence-electron chi connectivity index (χ3n) is 6.80. The fraction of sp³-hybridized carbons (Fsp3) is 0.600. The van der Waals surface area contributed by atoms with Crippen LogP contribution >= 0.6 is 0 Å². The van der Waals surface area contributed by atoms with Crippen molar-refractivity contribution in [1.82, 2.24) is 26.6 Å². The van der Waals surface area contributed by atoms with Gasteiger partial charge in [0.2, 0.25) is 29.5 Å². The van der Waals surface area contributed by atoms with Crippen molar-refractivity contribution in [3.8, 4) is 5.75 Å². The number of rotatable bonds is 18. The minimum absolute atomic E-state index is 0.00880. The average molecular weight is 637 g/mol. The number of aliphatic hydroxyl groups is 1. The molecule has 1 aromatic rings. The molecule has 252 valence electrons. The Morgan fingerprint density at radius 3 is 1.71 bits per heavy atom. The Kier molecular flexibility index (Phi) is 16.0. The molecule has 1 aromatic carbocycles. The lowest BCUT2D eigenvalue weighted by Gasteiger charge is -2.29. The zero-order chi connectivity index (χ0) is 34.4. The van der Waals surface area contributed by atoms with Crippen LogP contribution in [0.25, 0.3) is 0 Å². The molecule has 0 saturated carbocycles. The van der Waals surface area contributed by atoms with Crippen molar-refractivity contribution >= 4 is 35.5 Å². The number of carbonyl (C=O) groups excluding carboxylic acids is 5. The van der Waals surface area contributed by atoms with E-state index in [4.69, 9.17) is 10.8 Å². The molecule has 10 N–H and O–H groups in total. The molecule has 0 radical (unpaired) electrons. The van der Waals surface area contributed by atoms with Crippen molar-refractivity contribution in [2.45, 2.75) is 84.6 Å². The second kappa shape index (κ2) is 18.5. The van der Waals surface area contributed by atoms with E-state index < -0.39 is 90.7 Å². The van der Waals surface area contributed by atoms with Crippen LogP contribution in [0.2, 0.25) is 0 Å². The van der Waals surface area contributed by atoms with Crippen LogP contribution in [0.4, 0.5) is 0 Å². The summed E-state index contributed by atoms with van der Waals surface area (Å²) in [5, 5.41) is 40.7. The second-order valence-corrected chi connectivity index (χ2v) is 12.0. The number of carboxylic acid groups (broad SMARTS) is 1. The average Bonchev–Trinajstić information content (AvgIpc) is 2.96. The first-order valence-corrected chi connectivity index (χ1v) is 14.8. The van der Waals surface area contributed by atoms with Gasteiger partial charge in [0.1, 0.15) is 36.0 Å². The van der Waals surface area contributed by atoms with Gasteiger partial charge in [0, 0.05) is 6.42 Å². The zero-order valence-corrected chi connectivity index (χ0v) is 26.6. The number of hydrogen-bond donors (Lipinski definition) is 9. The molecule has 0 aromatic heterocycles. The number of nitrogens with one attached hydrogen (secondary N) is 5. The predicted octanol–water partition coefficient (Wildman–Crippen LogP) is -1.25. The van der Waals surface area contributed by atoms with Gasteiger partial charge in [-0.2, -0.15) is 0 Å². The van der Waals surface area contributed by atoms with Crippen LogP contribution in [0.3, 0.4) is 0 Å². The highest BCUT2D eigenvalue weighted by Gasteiger charge is 2.33. The highest BCUT2D eigenvalue weighted by Crippen LogP contribution is 2.13. The molecule has 0 unspecified atom stereocenters. The van der Waals surface area contributed by atoms with Gasteiger partial charge in [-0.3, -0.25) is 24.0 Å². The lowest BCUT2D eigenvalue weighted by molar-refractivity contribution is -0.142. The first kappa shape index (κ1) is 38.8. The lowest BCUT2D eigenvalue weighted by atomic mass is 9.98. The highest BCUT2D eigenvalue weighted by molar-refractivity contribution is 5.96. The Labute approximate surface area is 263 Å².